The van der Waals surface area contributed by atoms with Crippen molar-refractivity contribution in [3.05, 3.63) is 131 Å². The number of pyridine rings is 2. The van der Waals surface area contributed by atoms with E-state index in [1.54, 1.807) is 61.0 Å². The van der Waals surface area contributed by atoms with Crippen LogP contribution in [-0.4, -0.2) is 72.2 Å². The number of halogens is 2. The first-order valence-corrected chi connectivity index (χ1v) is 17.2. The van der Waals surface area contributed by atoms with Crippen molar-refractivity contribution in [1.29, 1.82) is 0 Å². The lowest BCUT2D eigenvalue weighted by molar-refractivity contribution is -0.701. The maximum atomic E-state index is 12.4. The molecule has 0 bridgehead atoms. The summed E-state index contributed by atoms with van der Waals surface area (Å²) in [6.45, 7) is 3.03. The van der Waals surface area contributed by atoms with Gasteiger partial charge in [0.2, 0.25) is 0 Å². The van der Waals surface area contributed by atoms with E-state index < -0.39 is 0 Å². The Kier molecular flexibility index (Phi) is 15.5. The predicted octanol–water partition coefficient (Wildman–Crippen LogP) is -1.79. The third-order valence-electron chi connectivity index (χ3n) is 8.71. The van der Waals surface area contributed by atoms with E-state index in [0.717, 1.165) is 43.5 Å². The van der Waals surface area contributed by atoms with E-state index in [2.05, 4.69) is 19.4 Å². The van der Waals surface area contributed by atoms with Crippen LogP contribution in [0.4, 0.5) is 0 Å². The molecule has 12 nitrogen and oxygen atoms in total. The van der Waals surface area contributed by atoms with Crippen LogP contribution in [0.3, 0.4) is 0 Å². The average molecular weight is 849 g/mol. The molecule has 0 spiro atoms. The van der Waals surface area contributed by atoms with Gasteiger partial charge in [0, 0.05) is 74.2 Å². The molecule has 4 aromatic rings. The van der Waals surface area contributed by atoms with Gasteiger partial charge in [-0.05, 0) is 30.7 Å². The van der Waals surface area contributed by atoms with Crippen LogP contribution < -0.4 is 43.1 Å². The summed E-state index contributed by atoms with van der Waals surface area (Å²) in [7, 11) is 0. The Morgan fingerprint density at radius 1 is 0.491 bits per heavy atom. The topological polar surface area (TPSA) is 126 Å². The summed E-state index contributed by atoms with van der Waals surface area (Å²) < 4.78 is 4.29. The minimum absolute atomic E-state index is 0. The molecule has 6 rings (SSSR count). The molecule has 0 radical (unpaired) electrons. The van der Waals surface area contributed by atoms with Gasteiger partial charge < -0.3 is 43.6 Å². The maximum absolute atomic E-state index is 12.4. The van der Waals surface area contributed by atoms with Gasteiger partial charge >= 0.3 is 0 Å². The van der Waals surface area contributed by atoms with Gasteiger partial charge in [0.25, 0.3) is 23.6 Å². The van der Waals surface area contributed by atoms with Gasteiger partial charge in [-0.1, -0.05) is 34.6 Å². The van der Waals surface area contributed by atoms with E-state index in [0.29, 0.717) is 61.4 Å². The summed E-state index contributed by atoms with van der Waals surface area (Å²) in [6, 6.07) is 21.7. The molecule has 0 unspecified atom stereocenters. The molecule has 0 saturated heterocycles. The number of imide groups is 2. The molecule has 2 aliphatic rings. The standard InChI is InChI=1S/C39H40N6O6.2BrH/c46-36-32-10-2-3-11-33(32)37(47)44(36)20-8-26-50-40-28-30-14-22-42(23-15-30)18-6-1-7-19-43-24-16-31(17-25-43)29-41-51-27-9-21-45-38(48)34-12-4-5-13-35(34)39(45)49;;/h2-5,10-17,22-25,28-29H,1,6-9,18-21,26-27H2;2*1H/q+2;;/p-2/b40-28+,41-29+;;. The van der Waals surface area contributed by atoms with Crippen molar-refractivity contribution in [2.45, 2.75) is 45.2 Å². The molecule has 0 fully saturated rings. The molecule has 2 aliphatic heterocycles. The number of aromatic nitrogens is 2. The normalized spacial score (nSPS) is 13.4. The molecule has 0 saturated carbocycles. The number of fused-ring (bicyclic) bond motifs is 2. The Bertz CT molecular complexity index is 1730. The number of hydrogen-bond donors (Lipinski definition) is 0. The van der Waals surface area contributed by atoms with E-state index in [-0.39, 0.29) is 57.6 Å². The zero-order valence-electron chi connectivity index (χ0n) is 29.1. The molecule has 2 aromatic heterocycles. The molecule has 4 heterocycles. The number of unbranched alkanes of at least 4 members (excludes halogenated alkanes) is 2. The molecular formula is C39H40Br2N6O6. The van der Waals surface area contributed by atoms with E-state index in [1.165, 1.54) is 9.80 Å². The van der Waals surface area contributed by atoms with Crippen LogP contribution in [0.1, 0.15) is 84.7 Å². The molecule has 0 atom stereocenters. The number of oxime groups is 2. The number of carbonyl (C=O) groups excluding carboxylic acids is 4. The summed E-state index contributed by atoms with van der Waals surface area (Å²) in [4.78, 5) is 62.9. The van der Waals surface area contributed by atoms with Crippen molar-refractivity contribution >= 4 is 36.1 Å². The summed E-state index contributed by atoms with van der Waals surface area (Å²) in [5, 5.41) is 8.04. The van der Waals surface area contributed by atoms with Gasteiger partial charge in [-0.3, -0.25) is 29.0 Å². The summed E-state index contributed by atoms with van der Waals surface area (Å²) >= 11 is 0. The van der Waals surface area contributed by atoms with Crippen molar-refractivity contribution in [2.24, 2.45) is 10.3 Å². The second-order valence-corrected chi connectivity index (χ2v) is 12.3. The number of rotatable bonds is 18. The highest BCUT2D eigenvalue weighted by Crippen LogP contribution is 2.23. The van der Waals surface area contributed by atoms with E-state index >= 15 is 0 Å². The first-order valence-electron chi connectivity index (χ1n) is 17.2. The molecule has 2 aromatic carbocycles. The van der Waals surface area contributed by atoms with Crippen molar-refractivity contribution in [3.63, 3.8) is 0 Å². The van der Waals surface area contributed by atoms with Crippen molar-refractivity contribution in [3.8, 4) is 0 Å². The van der Waals surface area contributed by atoms with E-state index in [1.807, 2.05) is 49.1 Å². The number of benzene rings is 2. The Balaban J connectivity index is 0.00000314. The van der Waals surface area contributed by atoms with Gasteiger partial charge in [0.05, 0.1) is 34.7 Å². The Morgan fingerprint density at radius 2 is 0.830 bits per heavy atom. The van der Waals surface area contributed by atoms with Crippen molar-refractivity contribution < 1.29 is 72.0 Å². The molecule has 276 valence electrons. The van der Waals surface area contributed by atoms with Crippen LogP contribution in [0, 0.1) is 0 Å². The fraction of sp³-hybridized carbons (Fsp3) is 0.282. The van der Waals surface area contributed by atoms with Gasteiger partial charge in [-0.2, -0.15) is 0 Å². The SMILES string of the molecule is O=C1c2ccccc2C(=O)N1CCCO/N=C/c1cc[n+](CCCCC[n+]2ccc(/C=N/OCCCN3C(=O)c4ccccc4C3=O)cc2)cc1.[Br-].[Br-]. The highest BCUT2D eigenvalue weighted by atomic mass is 79.9. The monoisotopic (exact) mass is 846 g/mol. The highest BCUT2D eigenvalue weighted by molar-refractivity contribution is 6.22. The number of amides is 4. The van der Waals surface area contributed by atoms with Crippen LogP contribution >= 0.6 is 0 Å². The summed E-state index contributed by atoms with van der Waals surface area (Å²) in [6.07, 6.45) is 15.6. The zero-order chi connectivity index (χ0) is 35.4. The van der Waals surface area contributed by atoms with Crippen LogP contribution in [0.15, 0.2) is 108 Å². The summed E-state index contributed by atoms with van der Waals surface area (Å²) in [5.74, 6) is -1.03. The lowest BCUT2D eigenvalue weighted by Crippen LogP contribution is -3.00. The fourth-order valence-corrected chi connectivity index (χ4v) is 5.93. The lowest BCUT2D eigenvalue weighted by atomic mass is 10.1. The van der Waals surface area contributed by atoms with Gasteiger partial charge in [0.15, 0.2) is 24.8 Å². The van der Waals surface area contributed by atoms with Crippen LogP contribution in [0.5, 0.6) is 0 Å². The molecule has 4 amide bonds. The average Bonchev–Trinajstić information content (AvgIpc) is 3.55. The molecular weight excluding hydrogens is 808 g/mol. The van der Waals surface area contributed by atoms with Gasteiger partial charge in [0.1, 0.15) is 26.3 Å². The van der Waals surface area contributed by atoms with Crippen LogP contribution in [0.25, 0.3) is 0 Å². The van der Waals surface area contributed by atoms with Crippen molar-refractivity contribution in [2.75, 3.05) is 26.3 Å². The zero-order valence-corrected chi connectivity index (χ0v) is 32.2. The Hall–Kier alpha value is -5.08. The second-order valence-electron chi connectivity index (χ2n) is 12.3. The lowest BCUT2D eigenvalue weighted by Gasteiger charge is -2.12. The molecule has 14 heteroatoms. The van der Waals surface area contributed by atoms with Crippen LogP contribution in [-0.2, 0) is 22.8 Å². The number of nitrogens with zero attached hydrogens (tertiary/aromatic N) is 6. The fourth-order valence-electron chi connectivity index (χ4n) is 5.93. The summed E-state index contributed by atoms with van der Waals surface area (Å²) in [5.41, 5.74) is 3.65. The van der Waals surface area contributed by atoms with E-state index in [9.17, 15) is 19.2 Å². The Morgan fingerprint density at radius 3 is 1.17 bits per heavy atom. The molecule has 53 heavy (non-hydrogen) atoms. The third kappa shape index (κ3) is 10.5. The molecule has 0 N–H and O–H groups in total. The number of carbonyl (C=O) groups is 4. The smallest absolute Gasteiger partial charge is 0.261 e. The third-order valence-corrected chi connectivity index (χ3v) is 8.71. The largest absolute Gasteiger partial charge is 1.00 e. The first kappa shape index (κ1) is 40.7. The Labute approximate surface area is 329 Å². The second kappa shape index (κ2) is 20.2. The minimum atomic E-state index is -0.258. The van der Waals surface area contributed by atoms with Gasteiger partial charge in [-0.25, -0.2) is 9.13 Å². The maximum Gasteiger partial charge on any atom is 0.261 e. The van der Waals surface area contributed by atoms with E-state index in [4.69, 9.17) is 9.68 Å². The van der Waals surface area contributed by atoms with Crippen LogP contribution in [0.2, 0.25) is 0 Å². The minimum Gasteiger partial charge on any atom is -1.00 e. The van der Waals surface area contributed by atoms with Gasteiger partial charge in [-0.15, -0.1) is 0 Å². The first-order chi connectivity index (χ1) is 25.0. The van der Waals surface area contributed by atoms with Crippen molar-refractivity contribution in [1.82, 2.24) is 9.80 Å². The molecule has 0 aliphatic carbocycles. The number of hydrogen-bond acceptors (Lipinski definition) is 8. The quantitative estimate of drug-likeness (QED) is 0.0384. The highest BCUT2D eigenvalue weighted by Gasteiger charge is 2.35. The number of aryl methyl sites for hydroxylation is 2. The predicted molar refractivity (Wildman–Crippen MR) is 187 cm³/mol.